The Morgan fingerprint density at radius 2 is 1.76 bits per heavy atom. The molecule has 1 atom stereocenters. The molecule has 0 heterocycles. The molecule has 1 aromatic carbocycles. The standard InChI is InChI=1S/C26H40N2O4S/c1-20(29)33-18-17-28(16-15-21-11-7-5-8-12-21)25(31)27-23(24(30)32-26(2,3)4)19-22-13-9-6-10-14-22/h6,9-10,13-14,21,23H,5,7-8,11-12,15-19H2,1-4H3,(H,27,31). The monoisotopic (exact) mass is 476 g/mol. The first kappa shape index (κ1) is 27.2. The molecule has 0 saturated heterocycles. The van der Waals surface area contributed by atoms with Crippen molar-refractivity contribution in [3.63, 3.8) is 0 Å². The van der Waals surface area contributed by atoms with E-state index in [4.69, 9.17) is 4.74 Å². The molecule has 1 aliphatic rings. The number of hydrogen-bond acceptors (Lipinski definition) is 5. The Labute approximate surface area is 203 Å². The molecule has 184 valence electrons. The summed E-state index contributed by atoms with van der Waals surface area (Å²) in [6, 6.07) is 8.57. The number of carbonyl (C=O) groups is 3. The van der Waals surface area contributed by atoms with Crippen LogP contribution in [0.25, 0.3) is 0 Å². The molecule has 2 amide bonds. The predicted molar refractivity (Wildman–Crippen MR) is 134 cm³/mol. The van der Waals surface area contributed by atoms with Crippen LogP contribution in [0, 0.1) is 5.92 Å². The number of benzene rings is 1. The predicted octanol–water partition coefficient (Wildman–Crippen LogP) is 5.20. The van der Waals surface area contributed by atoms with Gasteiger partial charge in [0.2, 0.25) is 0 Å². The lowest BCUT2D eigenvalue weighted by atomic mass is 9.87. The first-order valence-corrected chi connectivity index (χ1v) is 13.1. The Morgan fingerprint density at radius 3 is 2.36 bits per heavy atom. The number of thioether (sulfide) groups is 1. The van der Waals surface area contributed by atoms with Crippen molar-refractivity contribution in [2.24, 2.45) is 5.92 Å². The summed E-state index contributed by atoms with van der Waals surface area (Å²) in [5.41, 5.74) is 0.310. The number of nitrogens with one attached hydrogen (secondary N) is 1. The van der Waals surface area contributed by atoms with Crippen molar-refractivity contribution in [2.45, 2.75) is 84.3 Å². The van der Waals surface area contributed by atoms with E-state index < -0.39 is 17.6 Å². The molecule has 1 N–H and O–H groups in total. The highest BCUT2D eigenvalue weighted by molar-refractivity contribution is 8.13. The van der Waals surface area contributed by atoms with Gasteiger partial charge in [-0.25, -0.2) is 9.59 Å². The third-order valence-electron chi connectivity index (χ3n) is 5.76. The number of rotatable bonds is 10. The van der Waals surface area contributed by atoms with E-state index in [1.165, 1.54) is 50.8 Å². The topological polar surface area (TPSA) is 75.7 Å². The molecule has 2 rings (SSSR count). The second kappa shape index (κ2) is 13.6. The maximum Gasteiger partial charge on any atom is 0.329 e. The van der Waals surface area contributed by atoms with Gasteiger partial charge in [-0.1, -0.05) is 74.2 Å². The van der Waals surface area contributed by atoms with Crippen molar-refractivity contribution < 1.29 is 19.1 Å². The number of urea groups is 1. The van der Waals surface area contributed by atoms with Crippen molar-refractivity contribution >= 4 is 28.9 Å². The van der Waals surface area contributed by atoms with E-state index in [1.807, 2.05) is 51.1 Å². The second-order valence-electron chi connectivity index (χ2n) is 9.85. The van der Waals surface area contributed by atoms with Crippen molar-refractivity contribution in [3.8, 4) is 0 Å². The van der Waals surface area contributed by atoms with Crippen LogP contribution in [0.5, 0.6) is 0 Å². The summed E-state index contributed by atoms with van der Waals surface area (Å²) in [6.45, 7) is 8.09. The molecular weight excluding hydrogens is 436 g/mol. The minimum atomic E-state index is -0.781. The third-order valence-corrected chi connectivity index (χ3v) is 6.55. The highest BCUT2D eigenvalue weighted by Gasteiger charge is 2.29. The maximum absolute atomic E-state index is 13.3. The summed E-state index contributed by atoms with van der Waals surface area (Å²) in [5, 5.41) is 2.97. The van der Waals surface area contributed by atoms with E-state index >= 15 is 0 Å². The molecule has 1 unspecified atom stereocenters. The van der Waals surface area contributed by atoms with Crippen LogP contribution < -0.4 is 5.32 Å². The second-order valence-corrected chi connectivity index (χ2v) is 11.1. The van der Waals surface area contributed by atoms with E-state index in [2.05, 4.69) is 5.32 Å². The van der Waals surface area contributed by atoms with Crippen LogP contribution in [-0.4, -0.2) is 52.5 Å². The lowest BCUT2D eigenvalue weighted by Gasteiger charge is -2.30. The van der Waals surface area contributed by atoms with Gasteiger partial charge in [0.05, 0.1) is 0 Å². The van der Waals surface area contributed by atoms with Gasteiger partial charge in [0, 0.05) is 32.2 Å². The molecule has 0 bridgehead atoms. The van der Waals surface area contributed by atoms with Crippen molar-refractivity contribution in [2.75, 3.05) is 18.8 Å². The minimum absolute atomic E-state index is 0.0401. The van der Waals surface area contributed by atoms with Crippen LogP contribution in [0.1, 0.15) is 71.8 Å². The van der Waals surface area contributed by atoms with Crippen LogP contribution in [0.4, 0.5) is 4.79 Å². The first-order chi connectivity index (χ1) is 15.6. The summed E-state index contributed by atoms with van der Waals surface area (Å²) >= 11 is 1.22. The molecule has 1 fully saturated rings. The zero-order valence-electron chi connectivity index (χ0n) is 20.6. The Kier molecular flexibility index (Phi) is 11.2. The van der Waals surface area contributed by atoms with Gasteiger partial charge in [-0.15, -0.1) is 0 Å². The number of esters is 1. The van der Waals surface area contributed by atoms with Crippen LogP contribution in [0.3, 0.4) is 0 Å². The molecule has 0 spiro atoms. The van der Waals surface area contributed by atoms with Gasteiger partial charge in [0.15, 0.2) is 5.12 Å². The summed E-state index contributed by atoms with van der Waals surface area (Å²) in [5.74, 6) is 0.744. The van der Waals surface area contributed by atoms with Gasteiger partial charge >= 0.3 is 12.0 Å². The fraction of sp³-hybridized carbons (Fsp3) is 0.654. The summed E-state index contributed by atoms with van der Waals surface area (Å²) < 4.78 is 5.60. The number of ether oxygens (including phenoxy) is 1. The molecule has 1 saturated carbocycles. The molecule has 7 heteroatoms. The lowest BCUT2D eigenvalue weighted by molar-refractivity contribution is -0.157. The molecule has 0 radical (unpaired) electrons. The van der Waals surface area contributed by atoms with Gasteiger partial charge in [-0.3, -0.25) is 4.79 Å². The Balaban J connectivity index is 2.08. The molecule has 1 aromatic rings. The maximum atomic E-state index is 13.3. The Bertz CT molecular complexity index is 757. The van der Waals surface area contributed by atoms with E-state index in [0.29, 0.717) is 31.2 Å². The van der Waals surface area contributed by atoms with Crippen LogP contribution in [0.2, 0.25) is 0 Å². The highest BCUT2D eigenvalue weighted by Crippen LogP contribution is 2.26. The van der Waals surface area contributed by atoms with Gasteiger partial charge in [-0.2, -0.15) is 0 Å². The molecule has 0 aromatic heterocycles. The van der Waals surface area contributed by atoms with Crippen molar-refractivity contribution in [3.05, 3.63) is 35.9 Å². The normalized spacial score (nSPS) is 15.5. The summed E-state index contributed by atoms with van der Waals surface area (Å²) in [4.78, 5) is 39.3. The number of carbonyl (C=O) groups excluding carboxylic acids is 3. The zero-order valence-corrected chi connectivity index (χ0v) is 21.4. The number of hydrogen-bond donors (Lipinski definition) is 1. The molecule has 33 heavy (non-hydrogen) atoms. The molecule has 0 aliphatic heterocycles. The van der Waals surface area contributed by atoms with E-state index in [-0.39, 0.29) is 11.1 Å². The third kappa shape index (κ3) is 11.1. The van der Waals surface area contributed by atoms with Crippen LogP contribution in [-0.2, 0) is 20.7 Å². The summed E-state index contributed by atoms with van der Waals surface area (Å²) in [7, 11) is 0. The zero-order chi connectivity index (χ0) is 24.3. The smallest absolute Gasteiger partial charge is 0.329 e. The fourth-order valence-corrected chi connectivity index (χ4v) is 4.68. The average Bonchev–Trinajstić information content (AvgIpc) is 2.75. The van der Waals surface area contributed by atoms with Crippen LogP contribution in [0.15, 0.2) is 30.3 Å². The minimum Gasteiger partial charge on any atom is -0.458 e. The van der Waals surface area contributed by atoms with Gasteiger partial charge < -0.3 is 15.0 Å². The number of amides is 2. The van der Waals surface area contributed by atoms with E-state index in [1.54, 1.807) is 4.90 Å². The Morgan fingerprint density at radius 1 is 1.09 bits per heavy atom. The largest absolute Gasteiger partial charge is 0.458 e. The average molecular weight is 477 g/mol. The summed E-state index contributed by atoms with van der Waals surface area (Å²) in [6.07, 6.45) is 7.56. The van der Waals surface area contributed by atoms with Crippen molar-refractivity contribution in [1.82, 2.24) is 10.2 Å². The van der Waals surface area contributed by atoms with Crippen molar-refractivity contribution in [1.29, 1.82) is 0 Å². The van der Waals surface area contributed by atoms with E-state index in [9.17, 15) is 14.4 Å². The lowest BCUT2D eigenvalue weighted by Crippen LogP contribution is -2.51. The first-order valence-electron chi connectivity index (χ1n) is 12.1. The Hall–Kier alpha value is -2.02. The SMILES string of the molecule is CC(=O)SCCN(CCC1CCCCC1)C(=O)NC(Cc1ccccc1)C(=O)OC(C)(C)C. The van der Waals surface area contributed by atoms with E-state index in [0.717, 1.165) is 12.0 Å². The van der Waals surface area contributed by atoms with Gasteiger partial charge in [0.1, 0.15) is 11.6 Å². The van der Waals surface area contributed by atoms with Gasteiger partial charge in [0.25, 0.3) is 0 Å². The molecular formula is C26H40N2O4S. The molecule has 6 nitrogen and oxygen atoms in total. The fourth-order valence-electron chi connectivity index (χ4n) is 4.09. The molecule has 1 aliphatic carbocycles. The van der Waals surface area contributed by atoms with Crippen LogP contribution >= 0.6 is 11.8 Å². The highest BCUT2D eigenvalue weighted by atomic mass is 32.2. The quantitative estimate of drug-likeness (QED) is 0.470. The number of nitrogens with zero attached hydrogens (tertiary/aromatic N) is 1. The van der Waals surface area contributed by atoms with Gasteiger partial charge in [-0.05, 0) is 38.7 Å².